The lowest BCUT2D eigenvalue weighted by molar-refractivity contribution is -0.344. The molecule has 134 valence electrons. The van der Waals surface area contributed by atoms with Crippen molar-refractivity contribution in [2.45, 2.75) is 0 Å². The van der Waals surface area contributed by atoms with E-state index in [4.69, 9.17) is 0 Å². The Morgan fingerprint density at radius 3 is 2.37 bits per heavy atom. The average Bonchev–Trinajstić information content (AvgIpc) is 2.72. The third kappa shape index (κ3) is 4.24. The summed E-state index contributed by atoms with van der Waals surface area (Å²) in [7, 11) is 1.37. The molecule has 1 N–H and O–H groups in total. The van der Waals surface area contributed by atoms with Crippen molar-refractivity contribution in [1.29, 1.82) is 0 Å². The molecule has 0 atom stereocenters. The molecule has 0 aliphatic rings. The van der Waals surface area contributed by atoms with Gasteiger partial charge in [-0.25, -0.2) is 9.78 Å². The van der Waals surface area contributed by atoms with E-state index in [0.717, 1.165) is 21.8 Å². The van der Waals surface area contributed by atoms with E-state index in [2.05, 4.69) is 14.7 Å². The number of aromatic carboxylic acids is 1. The molecule has 6 heteroatoms. The van der Waals surface area contributed by atoms with Crippen LogP contribution in [0.3, 0.4) is 0 Å². The van der Waals surface area contributed by atoms with Crippen molar-refractivity contribution < 1.29 is 24.4 Å². The normalized spacial score (nSPS) is 10.1. The van der Waals surface area contributed by atoms with Gasteiger partial charge in [0.05, 0.1) is 18.6 Å². The van der Waals surface area contributed by atoms with Crippen LogP contribution in [0.4, 0.5) is 0 Å². The summed E-state index contributed by atoms with van der Waals surface area (Å²) in [6, 6.07) is 18.5. The summed E-state index contributed by atoms with van der Waals surface area (Å²) in [6.07, 6.45) is 2.95. The van der Waals surface area contributed by atoms with Gasteiger partial charge in [0.2, 0.25) is 5.52 Å². The first kappa shape index (κ1) is 18.0. The standard InChI is InChI=1S/C11H9NO2.C10H7NO2/c1-14-11(13)9-6-8-4-2-3-5-10(8)12-7-9;12-10(13)8-5-7-3-1-2-4-9(7)11-6-8/h2-7H,1H3;1-6H,(H,12,13). The largest absolute Gasteiger partial charge is 0.545 e. The first-order valence-electron chi connectivity index (χ1n) is 8.13. The third-order valence-corrected chi connectivity index (χ3v) is 3.90. The van der Waals surface area contributed by atoms with Gasteiger partial charge in [-0.15, -0.1) is 0 Å². The molecule has 0 spiro atoms. The molecular weight excluding hydrogens is 344 g/mol. The van der Waals surface area contributed by atoms with E-state index in [1.54, 1.807) is 18.3 Å². The topological polar surface area (TPSA) is 93.5 Å². The number of methoxy groups -OCH3 is 1. The number of carboxylic acids is 1. The molecule has 0 amide bonds. The Bertz CT molecular complexity index is 1130. The van der Waals surface area contributed by atoms with Crippen molar-refractivity contribution in [3.63, 3.8) is 0 Å². The van der Waals surface area contributed by atoms with Crippen LogP contribution >= 0.6 is 0 Å². The number of esters is 1. The van der Waals surface area contributed by atoms with Crippen LogP contribution in [0.2, 0.25) is 0 Å². The molecule has 6 nitrogen and oxygen atoms in total. The molecule has 27 heavy (non-hydrogen) atoms. The smallest absolute Gasteiger partial charge is 0.343 e. The Morgan fingerprint density at radius 2 is 1.63 bits per heavy atom. The number of nitrogens with one attached hydrogen (secondary N) is 1. The first-order chi connectivity index (χ1) is 13.1. The van der Waals surface area contributed by atoms with Crippen LogP contribution in [-0.4, -0.2) is 24.0 Å². The summed E-state index contributed by atoms with van der Waals surface area (Å²) in [4.78, 5) is 28.7. The van der Waals surface area contributed by atoms with Gasteiger partial charge in [-0.1, -0.05) is 30.3 Å². The summed E-state index contributed by atoms with van der Waals surface area (Å²) < 4.78 is 4.63. The SMILES string of the molecule is COC(=O)c1c[nH+]c2ccccc2c1.O=C([O-])c1cnc2ccccc2c1. The molecule has 0 aliphatic heterocycles. The summed E-state index contributed by atoms with van der Waals surface area (Å²) in [5.74, 6) is -1.52. The van der Waals surface area contributed by atoms with Gasteiger partial charge in [0.1, 0.15) is 5.56 Å². The van der Waals surface area contributed by atoms with E-state index in [-0.39, 0.29) is 11.5 Å². The predicted molar refractivity (Wildman–Crippen MR) is 97.9 cm³/mol. The number of rotatable bonds is 2. The first-order valence-corrected chi connectivity index (χ1v) is 8.13. The van der Waals surface area contributed by atoms with Gasteiger partial charge in [-0.05, 0) is 24.3 Å². The molecule has 0 radical (unpaired) electrons. The maximum Gasteiger partial charge on any atom is 0.343 e. The molecule has 0 saturated carbocycles. The average molecular weight is 360 g/mol. The number of hydrogen-bond donors (Lipinski definition) is 0. The fourth-order valence-electron chi connectivity index (χ4n) is 2.54. The highest BCUT2D eigenvalue weighted by Gasteiger charge is 2.09. The molecule has 2 heterocycles. The highest BCUT2D eigenvalue weighted by atomic mass is 16.5. The quantitative estimate of drug-likeness (QED) is 0.510. The lowest BCUT2D eigenvalue weighted by Gasteiger charge is -2.02. The van der Waals surface area contributed by atoms with Crippen LogP contribution < -0.4 is 10.1 Å². The molecule has 0 fully saturated rings. The lowest BCUT2D eigenvalue weighted by Crippen LogP contribution is -2.22. The zero-order valence-electron chi connectivity index (χ0n) is 14.5. The van der Waals surface area contributed by atoms with Crippen LogP contribution in [0.1, 0.15) is 20.7 Å². The van der Waals surface area contributed by atoms with Crippen LogP contribution in [0.15, 0.2) is 73.1 Å². The van der Waals surface area contributed by atoms with Gasteiger partial charge in [0.25, 0.3) is 0 Å². The summed E-state index contributed by atoms with van der Waals surface area (Å²) >= 11 is 0. The van der Waals surface area contributed by atoms with Gasteiger partial charge in [-0.3, -0.25) is 4.98 Å². The number of carbonyl (C=O) groups excluding carboxylic acids is 2. The second-order valence-corrected chi connectivity index (χ2v) is 5.67. The van der Waals surface area contributed by atoms with Crippen LogP contribution in [-0.2, 0) is 4.74 Å². The summed E-state index contributed by atoms with van der Waals surface area (Å²) in [6.45, 7) is 0. The number of benzene rings is 2. The molecule has 0 unspecified atom stereocenters. The monoisotopic (exact) mass is 360 g/mol. The third-order valence-electron chi connectivity index (χ3n) is 3.90. The van der Waals surface area contributed by atoms with E-state index in [9.17, 15) is 14.7 Å². The zero-order chi connectivity index (χ0) is 19.2. The number of carboxylic acid groups (broad SMARTS) is 1. The van der Waals surface area contributed by atoms with Gasteiger partial charge >= 0.3 is 5.97 Å². The number of aromatic nitrogens is 2. The number of H-pyrrole nitrogens is 1. The molecule has 2 aromatic heterocycles. The number of para-hydroxylation sites is 2. The van der Waals surface area contributed by atoms with Gasteiger partial charge in [-0.2, -0.15) is 0 Å². The van der Waals surface area contributed by atoms with Crippen molar-refractivity contribution in [2.24, 2.45) is 0 Å². The second-order valence-electron chi connectivity index (χ2n) is 5.67. The van der Waals surface area contributed by atoms with Crippen molar-refractivity contribution >= 4 is 33.7 Å². The van der Waals surface area contributed by atoms with Crippen LogP contribution in [0, 0.1) is 0 Å². The Hall–Kier alpha value is -3.80. The number of ether oxygens (including phenoxy) is 1. The molecule has 4 aromatic rings. The molecular formula is C21H16N2O4. The predicted octanol–water partition coefficient (Wildman–Crippen LogP) is 2.04. The summed E-state index contributed by atoms with van der Waals surface area (Å²) in [5, 5.41) is 12.3. The molecule has 2 aromatic carbocycles. The Labute approximate surface area is 155 Å². The van der Waals surface area contributed by atoms with E-state index in [1.807, 2.05) is 48.5 Å². The van der Waals surface area contributed by atoms with Gasteiger partial charge < -0.3 is 14.6 Å². The Morgan fingerprint density at radius 1 is 0.963 bits per heavy atom. The number of pyridine rings is 2. The maximum absolute atomic E-state index is 11.2. The maximum atomic E-state index is 11.2. The van der Waals surface area contributed by atoms with Crippen molar-refractivity contribution in [1.82, 2.24) is 4.98 Å². The van der Waals surface area contributed by atoms with Crippen LogP contribution in [0.25, 0.3) is 21.8 Å². The molecule has 0 saturated heterocycles. The second kappa shape index (κ2) is 8.05. The summed E-state index contributed by atoms with van der Waals surface area (Å²) in [5.41, 5.74) is 2.43. The number of carbonyl (C=O) groups is 2. The van der Waals surface area contributed by atoms with Crippen molar-refractivity contribution in [3.05, 3.63) is 84.2 Å². The highest BCUT2D eigenvalue weighted by Crippen LogP contribution is 2.12. The minimum absolute atomic E-state index is 0.110. The highest BCUT2D eigenvalue weighted by molar-refractivity contribution is 5.92. The van der Waals surface area contributed by atoms with Crippen molar-refractivity contribution in [3.8, 4) is 0 Å². The Kier molecular flexibility index (Phi) is 5.37. The number of hydrogen-bond acceptors (Lipinski definition) is 5. The number of fused-ring (bicyclic) bond motifs is 2. The number of nitrogens with zero attached hydrogens (tertiary/aromatic N) is 1. The zero-order valence-corrected chi connectivity index (χ0v) is 14.5. The Balaban J connectivity index is 0.000000156. The van der Waals surface area contributed by atoms with E-state index >= 15 is 0 Å². The minimum atomic E-state index is -1.20. The van der Waals surface area contributed by atoms with Crippen molar-refractivity contribution in [2.75, 3.05) is 7.11 Å². The van der Waals surface area contributed by atoms with E-state index < -0.39 is 5.97 Å². The molecule has 4 rings (SSSR count). The fraction of sp³-hybridized carbons (Fsp3) is 0.0476. The van der Waals surface area contributed by atoms with Gasteiger partial charge in [0, 0.05) is 28.6 Å². The number of aromatic amines is 1. The minimum Gasteiger partial charge on any atom is -0.545 e. The molecule has 0 bridgehead atoms. The fourth-order valence-corrected chi connectivity index (χ4v) is 2.54. The van der Waals surface area contributed by atoms with Gasteiger partial charge in [0.15, 0.2) is 6.20 Å². The lowest BCUT2D eigenvalue weighted by atomic mass is 10.2. The van der Waals surface area contributed by atoms with E-state index in [1.165, 1.54) is 13.3 Å². The van der Waals surface area contributed by atoms with Crippen LogP contribution in [0.5, 0.6) is 0 Å². The van der Waals surface area contributed by atoms with E-state index in [0.29, 0.717) is 5.56 Å². The molecule has 0 aliphatic carbocycles.